The Hall–Kier alpha value is -2.36. The highest BCUT2D eigenvalue weighted by molar-refractivity contribution is 7.14. The van der Waals surface area contributed by atoms with Crippen LogP contribution >= 0.6 is 11.3 Å². The van der Waals surface area contributed by atoms with Crippen molar-refractivity contribution < 1.29 is 22.3 Å². The third-order valence-electron chi connectivity index (χ3n) is 2.53. The van der Waals surface area contributed by atoms with Crippen LogP contribution in [0, 0.1) is 5.82 Å². The number of halogens is 4. The van der Waals surface area contributed by atoms with Gasteiger partial charge in [0.2, 0.25) is 5.13 Å². The van der Waals surface area contributed by atoms with E-state index in [1.807, 2.05) is 0 Å². The van der Waals surface area contributed by atoms with E-state index in [9.17, 15) is 17.6 Å². The van der Waals surface area contributed by atoms with Crippen molar-refractivity contribution in [1.82, 2.24) is 4.98 Å². The van der Waals surface area contributed by atoms with Crippen LogP contribution in [0.2, 0.25) is 0 Å². The van der Waals surface area contributed by atoms with Crippen LogP contribution in [-0.2, 0) is 6.18 Å². The zero-order valence-electron chi connectivity index (χ0n) is 11.1. The Morgan fingerprint density at radius 2 is 2.14 bits per heavy atom. The van der Waals surface area contributed by atoms with Crippen LogP contribution in [0.15, 0.2) is 22.6 Å². The molecule has 0 saturated carbocycles. The fourth-order valence-corrected chi connectivity index (χ4v) is 2.18. The van der Waals surface area contributed by atoms with Crippen molar-refractivity contribution in [2.45, 2.75) is 6.18 Å². The van der Waals surface area contributed by atoms with Crippen LogP contribution in [0.3, 0.4) is 0 Å². The van der Waals surface area contributed by atoms with Crippen molar-refractivity contribution in [3.05, 3.63) is 34.5 Å². The van der Waals surface area contributed by atoms with Gasteiger partial charge in [0.05, 0.1) is 24.5 Å². The fourth-order valence-electron chi connectivity index (χ4n) is 1.63. The summed E-state index contributed by atoms with van der Waals surface area (Å²) in [5.74, 6) is -1.27. The van der Waals surface area contributed by atoms with Gasteiger partial charge in [-0.2, -0.15) is 18.3 Å². The van der Waals surface area contributed by atoms with Gasteiger partial charge >= 0.3 is 6.18 Å². The number of nitrogens with two attached hydrogens (primary N) is 1. The lowest BCUT2D eigenvalue weighted by atomic mass is 10.1. The largest absolute Gasteiger partial charge is 0.495 e. The lowest BCUT2D eigenvalue weighted by molar-refractivity contribution is -0.138. The van der Waals surface area contributed by atoms with Gasteiger partial charge in [-0.25, -0.2) is 9.37 Å². The van der Waals surface area contributed by atoms with Crippen LogP contribution in [0.5, 0.6) is 5.75 Å². The topological polar surface area (TPSA) is 72.5 Å². The second-order valence-electron chi connectivity index (χ2n) is 3.99. The van der Waals surface area contributed by atoms with Crippen molar-refractivity contribution >= 4 is 28.5 Å². The van der Waals surface area contributed by atoms with E-state index in [2.05, 4.69) is 20.2 Å². The van der Waals surface area contributed by atoms with Crippen LogP contribution < -0.4 is 15.9 Å². The number of hydrazone groups is 1. The number of thiazole rings is 1. The van der Waals surface area contributed by atoms with E-state index in [1.54, 1.807) is 5.38 Å². The van der Waals surface area contributed by atoms with Gasteiger partial charge < -0.3 is 10.5 Å². The molecule has 5 nitrogen and oxygen atoms in total. The summed E-state index contributed by atoms with van der Waals surface area (Å²) in [6.07, 6.45) is -3.78. The summed E-state index contributed by atoms with van der Waals surface area (Å²) in [7, 11) is 1.02. The third kappa shape index (κ3) is 3.45. The SMILES string of the molecule is COc1c(C(F)(F)F)ccc(F)c1C=NNc1nc(N)cs1. The molecule has 2 aromatic rings. The molecule has 0 aliphatic heterocycles. The van der Waals surface area contributed by atoms with Gasteiger partial charge in [0.1, 0.15) is 17.4 Å². The molecule has 0 fully saturated rings. The standard InChI is InChI=1S/C12H10F4N4OS/c1-21-10-6(4-18-20-11-19-9(17)5-22-11)8(13)3-2-7(10)12(14,15)16/h2-5H,17H2,1H3,(H,19,20). The summed E-state index contributed by atoms with van der Waals surface area (Å²) in [5.41, 5.74) is 6.34. The molecular weight excluding hydrogens is 324 g/mol. The van der Waals surface area contributed by atoms with Crippen molar-refractivity contribution in [1.29, 1.82) is 0 Å². The molecule has 0 saturated heterocycles. The molecule has 118 valence electrons. The number of ether oxygens (including phenoxy) is 1. The van der Waals surface area contributed by atoms with Crippen LogP contribution in [0.4, 0.5) is 28.5 Å². The molecule has 22 heavy (non-hydrogen) atoms. The number of aromatic nitrogens is 1. The van der Waals surface area contributed by atoms with Gasteiger partial charge in [0, 0.05) is 5.38 Å². The number of nitrogens with zero attached hydrogens (tertiary/aromatic N) is 2. The molecule has 10 heteroatoms. The van der Waals surface area contributed by atoms with Gasteiger partial charge in [-0.1, -0.05) is 0 Å². The van der Waals surface area contributed by atoms with Crippen LogP contribution in [0.25, 0.3) is 0 Å². The predicted molar refractivity (Wildman–Crippen MR) is 75.7 cm³/mol. The molecule has 1 aromatic heterocycles. The Labute approximate surface area is 126 Å². The maximum atomic E-state index is 13.7. The molecule has 0 unspecified atom stereocenters. The molecule has 0 radical (unpaired) electrons. The molecule has 2 rings (SSSR count). The first kappa shape index (κ1) is 16.0. The minimum atomic E-state index is -4.67. The van der Waals surface area contributed by atoms with Crippen molar-refractivity contribution in [3.8, 4) is 5.75 Å². The van der Waals surface area contributed by atoms with E-state index in [0.29, 0.717) is 17.3 Å². The van der Waals surface area contributed by atoms with Gasteiger partial charge in [-0.15, -0.1) is 11.3 Å². The Bertz CT molecular complexity index is 699. The maximum Gasteiger partial charge on any atom is 0.419 e. The summed E-state index contributed by atoms with van der Waals surface area (Å²) in [4.78, 5) is 3.83. The lowest BCUT2D eigenvalue weighted by Crippen LogP contribution is -2.10. The number of alkyl halides is 3. The summed E-state index contributed by atoms with van der Waals surface area (Å²) in [6, 6.07) is 1.31. The number of nitrogens with one attached hydrogen (secondary N) is 1. The molecule has 0 amide bonds. The van der Waals surface area contributed by atoms with Gasteiger partial charge in [-0.3, -0.25) is 5.43 Å². The average Bonchev–Trinajstić information content (AvgIpc) is 2.84. The number of hydrogen-bond acceptors (Lipinski definition) is 6. The first-order chi connectivity index (χ1) is 10.3. The molecule has 0 spiro atoms. The Morgan fingerprint density at radius 1 is 1.41 bits per heavy atom. The molecule has 0 aliphatic carbocycles. The fraction of sp³-hybridized carbons (Fsp3) is 0.167. The Balaban J connectivity index is 2.33. The average molecular weight is 334 g/mol. The highest BCUT2D eigenvalue weighted by Crippen LogP contribution is 2.38. The first-order valence-corrected chi connectivity index (χ1v) is 6.64. The number of rotatable bonds is 4. The number of anilines is 2. The molecule has 0 bridgehead atoms. The monoisotopic (exact) mass is 334 g/mol. The lowest BCUT2D eigenvalue weighted by Gasteiger charge is -2.14. The molecule has 1 aromatic carbocycles. The minimum absolute atomic E-state index is 0.269. The van der Waals surface area contributed by atoms with Crippen LogP contribution in [-0.4, -0.2) is 18.3 Å². The number of hydrogen-bond donors (Lipinski definition) is 2. The first-order valence-electron chi connectivity index (χ1n) is 5.76. The van der Waals surface area contributed by atoms with Crippen molar-refractivity contribution in [2.75, 3.05) is 18.3 Å². The molecule has 0 atom stereocenters. The zero-order chi connectivity index (χ0) is 16.3. The van der Waals surface area contributed by atoms with E-state index < -0.39 is 28.9 Å². The summed E-state index contributed by atoms with van der Waals surface area (Å²) < 4.78 is 57.0. The smallest absolute Gasteiger partial charge is 0.419 e. The van der Waals surface area contributed by atoms with Crippen molar-refractivity contribution in [3.63, 3.8) is 0 Å². The number of methoxy groups -OCH3 is 1. The zero-order valence-corrected chi connectivity index (χ0v) is 11.9. The normalized spacial score (nSPS) is 11.9. The molecule has 0 aliphatic rings. The molecule has 1 heterocycles. The van der Waals surface area contributed by atoms with Crippen molar-refractivity contribution in [2.24, 2.45) is 5.10 Å². The minimum Gasteiger partial charge on any atom is -0.495 e. The highest BCUT2D eigenvalue weighted by Gasteiger charge is 2.35. The second kappa shape index (κ2) is 6.18. The Morgan fingerprint density at radius 3 is 2.68 bits per heavy atom. The Kier molecular flexibility index (Phi) is 4.50. The van der Waals surface area contributed by atoms with Gasteiger partial charge in [0.25, 0.3) is 0 Å². The molecular formula is C12H10F4N4OS. The highest BCUT2D eigenvalue weighted by atomic mass is 32.1. The molecule has 3 N–H and O–H groups in total. The van der Waals surface area contributed by atoms with E-state index in [1.165, 1.54) is 0 Å². The van der Waals surface area contributed by atoms with E-state index in [0.717, 1.165) is 24.7 Å². The second-order valence-corrected chi connectivity index (χ2v) is 4.85. The quantitative estimate of drug-likeness (QED) is 0.511. The summed E-state index contributed by atoms with van der Waals surface area (Å²) in [5, 5.41) is 5.51. The summed E-state index contributed by atoms with van der Waals surface area (Å²) in [6.45, 7) is 0. The van der Waals surface area contributed by atoms with Gasteiger partial charge in [0.15, 0.2) is 0 Å². The van der Waals surface area contributed by atoms with Crippen LogP contribution in [0.1, 0.15) is 11.1 Å². The van der Waals surface area contributed by atoms with E-state index in [-0.39, 0.29) is 5.82 Å². The number of benzene rings is 1. The predicted octanol–water partition coefficient (Wildman–Crippen LogP) is 3.34. The maximum absolute atomic E-state index is 13.7. The summed E-state index contributed by atoms with van der Waals surface area (Å²) >= 11 is 1.14. The van der Waals surface area contributed by atoms with Gasteiger partial charge in [-0.05, 0) is 12.1 Å². The van der Waals surface area contributed by atoms with E-state index >= 15 is 0 Å². The third-order valence-corrected chi connectivity index (χ3v) is 3.29. The van der Waals surface area contributed by atoms with E-state index in [4.69, 9.17) is 5.73 Å². The number of nitrogen functional groups attached to an aromatic ring is 1.